The smallest absolute Gasteiger partial charge is 0.373 e. The molecule has 1 rings (SSSR count). The second-order valence-corrected chi connectivity index (χ2v) is 3.56. The molecule has 0 aliphatic rings. The van der Waals surface area contributed by atoms with Crippen molar-refractivity contribution in [3.63, 3.8) is 0 Å². The molecule has 1 aromatic rings. The van der Waals surface area contributed by atoms with E-state index in [1.807, 2.05) is 18.2 Å². The van der Waals surface area contributed by atoms with Gasteiger partial charge in [-0.15, -0.1) is 0 Å². The van der Waals surface area contributed by atoms with Gasteiger partial charge in [0.15, 0.2) is 0 Å². The predicted molar refractivity (Wildman–Crippen MR) is 65.5 cm³/mol. The number of carbonyl (C=O) groups excluding carboxylic acids is 1. The molecule has 0 aliphatic heterocycles. The zero-order valence-corrected chi connectivity index (χ0v) is 10.1. The molecule has 1 unspecified atom stereocenters. The van der Waals surface area contributed by atoms with Crippen molar-refractivity contribution in [1.82, 2.24) is 0 Å². The van der Waals surface area contributed by atoms with Crippen LogP contribution in [0.1, 0.15) is 5.56 Å². The molecule has 5 heteroatoms. The molecule has 98 valence electrons. The molecule has 2 N–H and O–H groups in total. The fourth-order valence-electron chi connectivity index (χ4n) is 1.20. The van der Waals surface area contributed by atoms with Gasteiger partial charge in [0.2, 0.25) is 5.76 Å². The summed E-state index contributed by atoms with van der Waals surface area (Å²) in [5, 5.41) is 17.8. The largest absolute Gasteiger partial charge is 0.484 e. The number of carbonyl (C=O) groups is 1. The number of ether oxygens (including phenoxy) is 2. The highest BCUT2D eigenvalue weighted by Crippen LogP contribution is 2.09. The second kappa shape index (κ2) is 7.47. The summed E-state index contributed by atoms with van der Waals surface area (Å²) in [6.07, 6.45) is 0.476. The Kier molecular flexibility index (Phi) is 5.90. The van der Waals surface area contributed by atoms with E-state index in [1.165, 1.54) is 13.2 Å². The highest BCUT2D eigenvalue weighted by Gasteiger charge is 2.13. The molecule has 0 aromatic heterocycles. The Balaban J connectivity index is 2.78. The van der Waals surface area contributed by atoms with E-state index < -0.39 is 18.7 Å². The summed E-state index contributed by atoms with van der Waals surface area (Å²) in [5.41, 5.74) is 0.774. The van der Waals surface area contributed by atoms with Crippen molar-refractivity contribution in [3.8, 4) is 0 Å². The molecule has 1 aromatic carbocycles. The topological polar surface area (TPSA) is 76.0 Å². The minimum absolute atomic E-state index is 0.0174. The third-order valence-electron chi connectivity index (χ3n) is 2.13. The number of hydrogen-bond acceptors (Lipinski definition) is 5. The summed E-state index contributed by atoms with van der Waals surface area (Å²) in [7, 11) is 1.24. The van der Waals surface area contributed by atoms with Crippen LogP contribution in [0.25, 0.3) is 6.08 Å². The zero-order chi connectivity index (χ0) is 13.4. The number of rotatable bonds is 6. The normalized spacial score (nSPS) is 12.9. The molecule has 0 spiro atoms. The Labute approximate surface area is 105 Å². The molecule has 0 aliphatic carbocycles. The molecule has 18 heavy (non-hydrogen) atoms. The van der Waals surface area contributed by atoms with E-state index in [0.29, 0.717) is 0 Å². The van der Waals surface area contributed by atoms with Gasteiger partial charge in [0.05, 0.1) is 13.7 Å². The third-order valence-corrected chi connectivity index (χ3v) is 2.13. The van der Waals surface area contributed by atoms with E-state index in [9.17, 15) is 9.90 Å². The predicted octanol–water partition coefficient (Wildman–Crippen LogP) is 0.570. The van der Waals surface area contributed by atoms with Crippen molar-refractivity contribution in [3.05, 3.63) is 41.7 Å². The first kappa shape index (κ1) is 14.2. The molecule has 0 radical (unpaired) electrons. The van der Waals surface area contributed by atoms with Crippen LogP contribution in [-0.4, -0.2) is 42.6 Å². The number of esters is 1. The lowest BCUT2D eigenvalue weighted by Gasteiger charge is -2.11. The van der Waals surface area contributed by atoms with Gasteiger partial charge >= 0.3 is 5.97 Å². The van der Waals surface area contributed by atoms with Crippen molar-refractivity contribution in [1.29, 1.82) is 0 Å². The minimum atomic E-state index is -1.03. The lowest BCUT2D eigenvalue weighted by Crippen LogP contribution is -2.21. The van der Waals surface area contributed by atoms with Crippen LogP contribution in [-0.2, 0) is 14.3 Å². The Hall–Kier alpha value is -1.85. The Morgan fingerprint density at radius 2 is 2.06 bits per heavy atom. The van der Waals surface area contributed by atoms with Crippen molar-refractivity contribution in [2.75, 3.05) is 20.3 Å². The minimum Gasteiger partial charge on any atom is -0.484 e. The molecule has 0 heterocycles. The lowest BCUT2D eigenvalue weighted by molar-refractivity contribution is -0.140. The first-order valence-electron chi connectivity index (χ1n) is 5.44. The maximum atomic E-state index is 11.5. The standard InChI is InChI=1S/C13H16O5/c1-17-13(16)12(18-9-11(15)8-14)7-10-5-3-2-4-6-10/h2-7,11,14-15H,8-9H2,1H3. The van der Waals surface area contributed by atoms with Crippen LogP contribution >= 0.6 is 0 Å². The fourth-order valence-corrected chi connectivity index (χ4v) is 1.20. The fraction of sp³-hybridized carbons (Fsp3) is 0.308. The third kappa shape index (κ3) is 4.57. The van der Waals surface area contributed by atoms with Crippen molar-refractivity contribution in [2.45, 2.75) is 6.10 Å². The van der Waals surface area contributed by atoms with Crippen molar-refractivity contribution < 1.29 is 24.5 Å². The van der Waals surface area contributed by atoms with Crippen LogP contribution in [0.3, 0.4) is 0 Å². The van der Waals surface area contributed by atoms with E-state index in [-0.39, 0.29) is 12.4 Å². The number of methoxy groups -OCH3 is 1. The van der Waals surface area contributed by atoms with E-state index in [0.717, 1.165) is 5.56 Å². The highest BCUT2D eigenvalue weighted by molar-refractivity contribution is 5.91. The number of aliphatic hydroxyl groups excluding tert-OH is 2. The molecule has 5 nitrogen and oxygen atoms in total. The van der Waals surface area contributed by atoms with Gasteiger partial charge in [0.25, 0.3) is 0 Å². The van der Waals surface area contributed by atoms with Gasteiger partial charge in [-0.1, -0.05) is 30.3 Å². The van der Waals surface area contributed by atoms with Crippen LogP contribution in [0, 0.1) is 0 Å². The average Bonchev–Trinajstić information content (AvgIpc) is 2.43. The summed E-state index contributed by atoms with van der Waals surface area (Å²) < 4.78 is 9.70. The van der Waals surface area contributed by atoms with Gasteiger partial charge in [0, 0.05) is 0 Å². The van der Waals surface area contributed by atoms with Crippen LogP contribution in [0.15, 0.2) is 36.1 Å². The van der Waals surface area contributed by atoms with E-state index >= 15 is 0 Å². The van der Waals surface area contributed by atoms with Gasteiger partial charge in [-0.05, 0) is 11.6 Å². The number of benzene rings is 1. The van der Waals surface area contributed by atoms with Crippen LogP contribution < -0.4 is 0 Å². The summed E-state index contributed by atoms with van der Waals surface area (Å²) in [6.45, 7) is -0.607. The SMILES string of the molecule is COC(=O)C(=Cc1ccccc1)OCC(O)CO. The van der Waals surface area contributed by atoms with Crippen LogP contribution in [0.4, 0.5) is 0 Å². The van der Waals surface area contributed by atoms with Gasteiger partial charge in [-0.3, -0.25) is 0 Å². The van der Waals surface area contributed by atoms with Gasteiger partial charge in [0.1, 0.15) is 12.7 Å². The summed E-state index contributed by atoms with van der Waals surface area (Å²) in [4.78, 5) is 11.5. The molecule has 1 atom stereocenters. The van der Waals surface area contributed by atoms with E-state index in [1.54, 1.807) is 12.1 Å². The van der Waals surface area contributed by atoms with Gasteiger partial charge < -0.3 is 19.7 Å². The van der Waals surface area contributed by atoms with Crippen LogP contribution in [0.5, 0.6) is 0 Å². The van der Waals surface area contributed by atoms with Crippen molar-refractivity contribution >= 4 is 12.0 Å². The maximum absolute atomic E-state index is 11.5. The molecular weight excluding hydrogens is 236 g/mol. The molecule has 0 fully saturated rings. The molecule has 0 saturated carbocycles. The molecule has 0 amide bonds. The van der Waals surface area contributed by atoms with E-state index in [4.69, 9.17) is 9.84 Å². The lowest BCUT2D eigenvalue weighted by atomic mass is 10.2. The molecular formula is C13H16O5. The summed E-state index contributed by atoms with van der Waals surface area (Å²) in [6, 6.07) is 9.10. The van der Waals surface area contributed by atoms with Crippen LogP contribution in [0.2, 0.25) is 0 Å². The van der Waals surface area contributed by atoms with Gasteiger partial charge in [-0.2, -0.15) is 0 Å². The number of hydrogen-bond donors (Lipinski definition) is 2. The number of aliphatic hydroxyl groups is 2. The quantitative estimate of drug-likeness (QED) is 0.440. The summed E-state index contributed by atoms with van der Waals surface area (Å²) >= 11 is 0. The Morgan fingerprint density at radius 3 is 2.61 bits per heavy atom. The Morgan fingerprint density at radius 1 is 1.39 bits per heavy atom. The van der Waals surface area contributed by atoms with Crippen molar-refractivity contribution in [2.24, 2.45) is 0 Å². The monoisotopic (exact) mass is 252 g/mol. The zero-order valence-electron chi connectivity index (χ0n) is 10.1. The first-order chi connectivity index (χ1) is 8.67. The van der Waals surface area contributed by atoms with E-state index in [2.05, 4.69) is 4.74 Å². The molecule has 0 saturated heterocycles. The highest BCUT2D eigenvalue weighted by atomic mass is 16.6. The Bertz CT molecular complexity index is 399. The molecule has 0 bridgehead atoms. The summed E-state index contributed by atoms with van der Waals surface area (Å²) in [5.74, 6) is -0.653. The van der Waals surface area contributed by atoms with Gasteiger partial charge in [-0.25, -0.2) is 4.79 Å². The maximum Gasteiger partial charge on any atom is 0.373 e. The average molecular weight is 252 g/mol. The first-order valence-corrected chi connectivity index (χ1v) is 5.44. The second-order valence-electron chi connectivity index (χ2n) is 3.56.